The molecular formula is C16H25N5O4S. The van der Waals surface area contributed by atoms with Crippen molar-refractivity contribution in [1.82, 2.24) is 9.55 Å². The van der Waals surface area contributed by atoms with Gasteiger partial charge in [-0.2, -0.15) is 5.26 Å². The summed E-state index contributed by atoms with van der Waals surface area (Å²) < 4.78 is 6.27. The van der Waals surface area contributed by atoms with Crippen LogP contribution in [0, 0.1) is 17.2 Å². The molecule has 1 amide bonds. The van der Waals surface area contributed by atoms with Gasteiger partial charge >= 0.3 is 5.69 Å². The van der Waals surface area contributed by atoms with Crippen LogP contribution in [0.2, 0.25) is 0 Å². The van der Waals surface area contributed by atoms with Gasteiger partial charge in [-0.3, -0.25) is 19.1 Å². The van der Waals surface area contributed by atoms with Gasteiger partial charge in [0.05, 0.1) is 17.6 Å². The molecule has 0 aliphatic rings. The van der Waals surface area contributed by atoms with Crippen LogP contribution < -0.4 is 21.9 Å². The van der Waals surface area contributed by atoms with E-state index in [-0.39, 0.29) is 41.4 Å². The molecule has 144 valence electrons. The zero-order valence-electron chi connectivity index (χ0n) is 15.3. The third kappa shape index (κ3) is 5.93. The molecule has 9 nitrogen and oxygen atoms in total. The zero-order chi connectivity index (χ0) is 19.7. The van der Waals surface area contributed by atoms with Gasteiger partial charge in [0, 0.05) is 26.8 Å². The molecule has 26 heavy (non-hydrogen) atoms. The SMILES string of the molecule is COCCCN(C(=O)CSCC#N)c1c(N)n(CC(C)C)c(=O)[nH]c1=O. The first-order chi connectivity index (χ1) is 12.3. The molecule has 3 N–H and O–H groups in total. The number of carbonyl (C=O) groups is 1. The number of amides is 1. The molecule has 1 heterocycles. The Kier molecular flexibility index (Phi) is 8.95. The summed E-state index contributed by atoms with van der Waals surface area (Å²) in [5.41, 5.74) is 4.74. The van der Waals surface area contributed by atoms with Gasteiger partial charge in [-0.25, -0.2) is 4.79 Å². The molecule has 0 radical (unpaired) electrons. The molecule has 0 aliphatic carbocycles. The first-order valence-electron chi connectivity index (χ1n) is 8.20. The molecule has 0 spiro atoms. The van der Waals surface area contributed by atoms with Crippen molar-refractivity contribution in [1.29, 1.82) is 5.26 Å². The standard InChI is InChI=1S/C16H25N5O4S/c1-11(2)9-21-14(18)13(15(23)19-16(21)24)20(6-4-7-25-3)12(22)10-26-8-5-17/h11H,4,6-10,18H2,1-3H3,(H,19,23,24). The van der Waals surface area contributed by atoms with Crippen molar-refractivity contribution >= 4 is 29.2 Å². The molecular weight excluding hydrogens is 358 g/mol. The summed E-state index contributed by atoms with van der Waals surface area (Å²) >= 11 is 1.15. The van der Waals surface area contributed by atoms with E-state index < -0.39 is 11.2 Å². The maximum absolute atomic E-state index is 12.6. The highest BCUT2D eigenvalue weighted by Crippen LogP contribution is 2.19. The number of nitrogens with zero attached hydrogens (tertiary/aromatic N) is 3. The van der Waals surface area contributed by atoms with Crippen molar-refractivity contribution in [3.63, 3.8) is 0 Å². The van der Waals surface area contributed by atoms with Crippen LogP contribution in [0.4, 0.5) is 11.5 Å². The Hall–Kier alpha value is -2.25. The Morgan fingerprint density at radius 3 is 2.73 bits per heavy atom. The molecule has 0 aliphatic heterocycles. The van der Waals surface area contributed by atoms with Crippen LogP contribution in [0.15, 0.2) is 9.59 Å². The monoisotopic (exact) mass is 383 g/mol. The fourth-order valence-corrected chi connectivity index (χ4v) is 2.90. The highest BCUT2D eigenvalue weighted by molar-refractivity contribution is 8.00. The van der Waals surface area contributed by atoms with E-state index in [0.29, 0.717) is 19.6 Å². The lowest BCUT2D eigenvalue weighted by atomic mass is 10.2. The van der Waals surface area contributed by atoms with Gasteiger partial charge in [-0.15, -0.1) is 11.8 Å². The van der Waals surface area contributed by atoms with Gasteiger partial charge in [0.15, 0.2) is 5.69 Å². The number of ether oxygens (including phenoxy) is 1. The van der Waals surface area contributed by atoms with Gasteiger partial charge in [0.2, 0.25) is 5.91 Å². The second-order valence-electron chi connectivity index (χ2n) is 6.04. The maximum Gasteiger partial charge on any atom is 0.330 e. The predicted molar refractivity (Wildman–Crippen MR) is 102 cm³/mol. The number of H-pyrrole nitrogens is 1. The minimum atomic E-state index is -0.705. The predicted octanol–water partition coefficient (Wildman–Crippen LogP) is 0.401. The first-order valence-corrected chi connectivity index (χ1v) is 9.35. The number of aromatic amines is 1. The number of anilines is 2. The minimum absolute atomic E-state index is 0.0305. The van der Waals surface area contributed by atoms with Crippen LogP contribution in [0.25, 0.3) is 0 Å². The lowest BCUT2D eigenvalue weighted by Crippen LogP contribution is -2.42. The summed E-state index contributed by atoms with van der Waals surface area (Å²) in [6.07, 6.45) is 0.493. The molecule has 1 aromatic heterocycles. The lowest BCUT2D eigenvalue weighted by Gasteiger charge is -2.24. The van der Waals surface area contributed by atoms with Gasteiger partial charge in [-0.1, -0.05) is 13.8 Å². The maximum atomic E-state index is 12.6. The van der Waals surface area contributed by atoms with Crippen molar-refractivity contribution < 1.29 is 9.53 Å². The van der Waals surface area contributed by atoms with E-state index in [1.54, 1.807) is 7.11 Å². The van der Waals surface area contributed by atoms with Crippen LogP contribution >= 0.6 is 11.8 Å². The summed E-state index contributed by atoms with van der Waals surface area (Å²) in [6, 6.07) is 1.95. The molecule has 0 aromatic carbocycles. The Morgan fingerprint density at radius 2 is 2.15 bits per heavy atom. The third-order valence-corrected chi connectivity index (χ3v) is 4.24. The highest BCUT2D eigenvalue weighted by Gasteiger charge is 2.24. The summed E-state index contributed by atoms with van der Waals surface area (Å²) in [5.74, 6) is -0.0756. The topological polar surface area (TPSA) is 134 Å². The fraction of sp³-hybridized carbons (Fsp3) is 0.625. The summed E-state index contributed by atoms with van der Waals surface area (Å²) in [7, 11) is 1.54. The van der Waals surface area contributed by atoms with Crippen LogP contribution in [-0.2, 0) is 16.1 Å². The Labute approximate surface area is 156 Å². The summed E-state index contributed by atoms with van der Waals surface area (Å²) in [6.45, 7) is 4.76. The van der Waals surface area contributed by atoms with E-state index in [0.717, 1.165) is 11.8 Å². The number of nitrogens with one attached hydrogen (secondary N) is 1. The number of nitriles is 1. The van der Waals surface area contributed by atoms with Crippen molar-refractivity contribution in [3.05, 3.63) is 20.8 Å². The Morgan fingerprint density at radius 1 is 1.46 bits per heavy atom. The molecule has 0 bridgehead atoms. The molecule has 0 saturated carbocycles. The molecule has 0 atom stereocenters. The van der Waals surface area contributed by atoms with Crippen LogP contribution in [0.5, 0.6) is 0 Å². The number of aromatic nitrogens is 2. The lowest BCUT2D eigenvalue weighted by molar-refractivity contribution is -0.116. The van der Waals surface area contributed by atoms with E-state index in [2.05, 4.69) is 4.98 Å². The summed E-state index contributed by atoms with van der Waals surface area (Å²) in [4.78, 5) is 40.6. The number of hydrogen-bond acceptors (Lipinski definition) is 7. The third-order valence-electron chi connectivity index (χ3n) is 3.46. The minimum Gasteiger partial charge on any atom is -0.385 e. The molecule has 0 fully saturated rings. The van der Waals surface area contributed by atoms with Crippen molar-refractivity contribution in [2.45, 2.75) is 26.8 Å². The molecule has 1 aromatic rings. The highest BCUT2D eigenvalue weighted by atomic mass is 32.2. The average Bonchev–Trinajstić information content (AvgIpc) is 2.57. The van der Waals surface area contributed by atoms with Gasteiger partial charge < -0.3 is 15.4 Å². The largest absolute Gasteiger partial charge is 0.385 e. The van der Waals surface area contributed by atoms with E-state index in [1.807, 2.05) is 19.9 Å². The molecule has 10 heteroatoms. The first kappa shape index (κ1) is 21.8. The average molecular weight is 383 g/mol. The second-order valence-corrected chi connectivity index (χ2v) is 7.03. The van der Waals surface area contributed by atoms with Crippen LogP contribution in [0.1, 0.15) is 20.3 Å². The second kappa shape index (κ2) is 10.7. The zero-order valence-corrected chi connectivity index (χ0v) is 16.1. The normalized spacial score (nSPS) is 10.7. The quantitative estimate of drug-likeness (QED) is 0.558. The number of carbonyl (C=O) groups excluding carboxylic acids is 1. The summed E-state index contributed by atoms with van der Waals surface area (Å²) in [5, 5.41) is 8.62. The van der Waals surface area contributed by atoms with E-state index in [4.69, 9.17) is 15.7 Å². The van der Waals surface area contributed by atoms with Gasteiger partial charge in [0.25, 0.3) is 5.56 Å². The molecule has 1 rings (SSSR count). The fourth-order valence-electron chi connectivity index (χ4n) is 2.37. The van der Waals surface area contributed by atoms with E-state index in [9.17, 15) is 14.4 Å². The number of rotatable bonds is 10. The number of nitrogens with two attached hydrogens (primary N) is 1. The van der Waals surface area contributed by atoms with Crippen LogP contribution in [0.3, 0.4) is 0 Å². The van der Waals surface area contributed by atoms with E-state index >= 15 is 0 Å². The number of methoxy groups -OCH3 is 1. The van der Waals surface area contributed by atoms with Crippen molar-refractivity contribution in [2.24, 2.45) is 5.92 Å². The van der Waals surface area contributed by atoms with E-state index in [1.165, 1.54) is 9.47 Å². The van der Waals surface area contributed by atoms with Gasteiger partial charge in [0.1, 0.15) is 5.82 Å². The Balaban J connectivity index is 3.30. The van der Waals surface area contributed by atoms with Crippen molar-refractivity contribution in [3.8, 4) is 6.07 Å². The van der Waals surface area contributed by atoms with Gasteiger partial charge in [-0.05, 0) is 12.3 Å². The number of nitrogen functional groups attached to an aromatic ring is 1. The molecule has 0 saturated heterocycles. The smallest absolute Gasteiger partial charge is 0.330 e. The van der Waals surface area contributed by atoms with Crippen LogP contribution in [-0.4, -0.2) is 47.2 Å². The number of hydrogen-bond donors (Lipinski definition) is 2. The molecule has 0 unspecified atom stereocenters. The number of thioether (sulfide) groups is 1. The van der Waals surface area contributed by atoms with Crippen molar-refractivity contribution in [2.75, 3.05) is 42.4 Å². The Bertz CT molecular complexity index is 765.